The summed E-state index contributed by atoms with van der Waals surface area (Å²) in [6.45, 7) is 7.09. The van der Waals surface area contributed by atoms with Crippen molar-refractivity contribution in [3.63, 3.8) is 0 Å². The first-order chi connectivity index (χ1) is 12.5. The maximum atomic E-state index is 12.0. The second kappa shape index (κ2) is 9.45. The van der Waals surface area contributed by atoms with Crippen LogP contribution in [0.15, 0.2) is 39.8 Å². The molecule has 0 unspecified atom stereocenters. The summed E-state index contributed by atoms with van der Waals surface area (Å²) in [5.74, 6) is 1.41. The van der Waals surface area contributed by atoms with Crippen molar-refractivity contribution in [2.75, 3.05) is 18.4 Å². The lowest BCUT2D eigenvalue weighted by molar-refractivity contribution is -0.114. The number of phenolic OH excluding ortho intramolecular Hbond substituents is 1. The molecule has 8 nitrogen and oxygen atoms in total. The molecule has 1 aromatic heterocycles. The van der Waals surface area contributed by atoms with Crippen LogP contribution in [-0.4, -0.2) is 35.2 Å². The maximum Gasteiger partial charge on any atom is 0.246 e. The number of hydrogen-bond donors (Lipinski definition) is 4. The highest BCUT2D eigenvalue weighted by Crippen LogP contribution is 2.14. The SMILES string of the molecule is CCNC(=NCC(=O)Nc1ccc(O)cc1)NCc1cc(C(C)C)no1. The molecule has 0 fully saturated rings. The van der Waals surface area contributed by atoms with E-state index >= 15 is 0 Å². The molecule has 1 aromatic carbocycles. The third kappa shape index (κ3) is 6.12. The summed E-state index contributed by atoms with van der Waals surface area (Å²) in [7, 11) is 0. The van der Waals surface area contributed by atoms with E-state index in [1.165, 1.54) is 12.1 Å². The monoisotopic (exact) mass is 359 g/mol. The molecule has 1 amide bonds. The molecule has 26 heavy (non-hydrogen) atoms. The molecule has 0 bridgehead atoms. The molecular weight excluding hydrogens is 334 g/mol. The van der Waals surface area contributed by atoms with Crippen molar-refractivity contribution in [3.05, 3.63) is 41.8 Å². The van der Waals surface area contributed by atoms with Crippen LogP contribution in [0, 0.1) is 0 Å². The van der Waals surface area contributed by atoms with E-state index in [2.05, 4.69) is 26.1 Å². The highest BCUT2D eigenvalue weighted by Gasteiger charge is 2.08. The van der Waals surface area contributed by atoms with E-state index in [4.69, 9.17) is 4.52 Å². The zero-order valence-corrected chi connectivity index (χ0v) is 15.2. The Morgan fingerprint density at radius 1 is 1.27 bits per heavy atom. The van der Waals surface area contributed by atoms with Gasteiger partial charge >= 0.3 is 0 Å². The molecule has 140 valence electrons. The number of rotatable bonds is 7. The van der Waals surface area contributed by atoms with Gasteiger partial charge in [-0.1, -0.05) is 19.0 Å². The number of carbonyl (C=O) groups excluding carboxylic acids is 1. The molecule has 2 rings (SSSR count). The Bertz CT molecular complexity index is 738. The van der Waals surface area contributed by atoms with Crippen LogP contribution < -0.4 is 16.0 Å². The highest BCUT2D eigenvalue weighted by atomic mass is 16.5. The van der Waals surface area contributed by atoms with E-state index in [-0.39, 0.29) is 18.2 Å². The lowest BCUT2D eigenvalue weighted by atomic mass is 10.1. The van der Waals surface area contributed by atoms with E-state index in [0.717, 1.165) is 5.69 Å². The smallest absolute Gasteiger partial charge is 0.246 e. The molecule has 4 N–H and O–H groups in total. The number of carbonyl (C=O) groups is 1. The van der Waals surface area contributed by atoms with Gasteiger partial charge in [0, 0.05) is 18.3 Å². The van der Waals surface area contributed by atoms with Gasteiger partial charge in [-0.15, -0.1) is 0 Å². The lowest BCUT2D eigenvalue weighted by Gasteiger charge is -2.10. The summed E-state index contributed by atoms with van der Waals surface area (Å²) in [4.78, 5) is 16.2. The predicted octanol–water partition coefficient (Wildman–Crippen LogP) is 2.20. The van der Waals surface area contributed by atoms with Crippen molar-refractivity contribution in [2.45, 2.75) is 33.2 Å². The Morgan fingerprint density at radius 2 is 2.00 bits per heavy atom. The topological polar surface area (TPSA) is 112 Å². The number of hydrogen-bond acceptors (Lipinski definition) is 5. The standard InChI is InChI=1S/C18H25N5O3/c1-4-19-18(20-10-15-9-16(12(2)3)23-26-15)21-11-17(25)22-13-5-7-14(24)8-6-13/h5-9,12,24H,4,10-11H2,1-3H3,(H,22,25)(H2,19,20,21). The third-order valence-corrected chi connectivity index (χ3v) is 3.47. The summed E-state index contributed by atoms with van der Waals surface area (Å²) in [6.07, 6.45) is 0. The summed E-state index contributed by atoms with van der Waals surface area (Å²) < 4.78 is 5.27. The fourth-order valence-corrected chi connectivity index (χ4v) is 2.09. The second-order valence-corrected chi connectivity index (χ2v) is 6.02. The largest absolute Gasteiger partial charge is 0.508 e. The van der Waals surface area contributed by atoms with E-state index in [0.29, 0.717) is 36.4 Å². The van der Waals surface area contributed by atoms with Gasteiger partial charge in [0.2, 0.25) is 5.91 Å². The molecule has 2 aromatic rings. The van der Waals surface area contributed by atoms with Crippen LogP contribution in [-0.2, 0) is 11.3 Å². The van der Waals surface area contributed by atoms with Gasteiger partial charge in [-0.25, -0.2) is 4.99 Å². The minimum Gasteiger partial charge on any atom is -0.508 e. The van der Waals surface area contributed by atoms with Gasteiger partial charge < -0.3 is 25.6 Å². The van der Waals surface area contributed by atoms with E-state index < -0.39 is 0 Å². The molecule has 0 saturated carbocycles. The van der Waals surface area contributed by atoms with Crippen LogP contribution in [0.25, 0.3) is 0 Å². The number of guanidine groups is 1. The van der Waals surface area contributed by atoms with E-state index in [9.17, 15) is 9.90 Å². The zero-order chi connectivity index (χ0) is 18.9. The molecular formula is C18H25N5O3. The number of anilines is 1. The third-order valence-electron chi connectivity index (χ3n) is 3.47. The zero-order valence-electron chi connectivity index (χ0n) is 15.2. The fourth-order valence-electron chi connectivity index (χ4n) is 2.09. The van der Waals surface area contributed by atoms with Crippen LogP contribution in [0.4, 0.5) is 5.69 Å². The van der Waals surface area contributed by atoms with Gasteiger partial charge in [0.05, 0.1) is 12.2 Å². The van der Waals surface area contributed by atoms with Crippen LogP contribution in [0.3, 0.4) is 0 Å². The molecule has 0 atom stereocenters. The van der Waals surface area contributed by atoms with Gasteiger partial charge in [0.1, 0.15) is 12.3 Å². The lowest BCUT2D eigenvalue weighted by Crippen LogP contribution is -2.37. The maximum absolute atomic E-state index is 12.0. The van der Waals surface area contributed by atoms with Gasteiger partial charge in [-0.05, 0) is 37.1 Å². The number of amides is 1. The first-order valence-corrected chi connectivity index (χ1v) is 8.54. The predicted molar refractivity (Wildman–Crippen MR) is 100 cm³/mol. The van der Waals surface area contributed by atoms with E-state index in [1.807, 2.05) is 26.8 Å². The number of aliphatic imine (C=N–C) groups is 1. The highest BCUT2D eigenvalue weighted by molar-refractivity contribution is 5.94. The van der Waals surface area contributed by atoms with Crippen molar-refractivity contribution >= 4 is 17.6 Å². The first kappa shape index (κ1) is 19.3. The minimum atomic E-state index is -0.255. The second-order valence-electron chi connectivity index (χ2n) is 6.02. The number of nitrogens with one attached hydrogen (secondary N) is 3. The summed E-state index contributed by atoms with van der Waals surface area (Å²) in [5, 5.41) is 22.2. The van der Waals surface area contributed by atoms with Gasteiger partial charge in [-0.3, -0.25) is 4.79 Å². The van der Waals surface area contributed by atoms with Crippen LogP contribution in [0.1, 0.15) is 38.1 Å². The Morgan fingerprint density at radius 3 is 2.62 bits per heavy atom. The Balaban J connectivity index is 1.88. The van der Waals surface area contributed by atoms with Crippen molar-refractivity contribution < 1.29 is 14.4 Å². The first-order valence-electron chi connectivity index (χ1n) is 8.54. The summed E-state index contributed by atoms with van der Waals surface area (Å²) in [5.41, 5.74) is 1.50. The molecule has 0 spiro atoms. The molecule has 0 aliphatic heterocycles. The van der Waals surface area contributed by atoms with E-state index in [1.54, 1.807) is 12.1 Å². The van der Waals surface area contributed by atoms with Crippen molar-refractivity contribution in [1.82, 2.24) is 15.8 Å². The van der Waals surface area contributed by atoms with Crippen LogP contribution in [0.2, 0.25) is 0 Å². The molecule has 0 radical (unpaired) electrons. The summed E-state index contributed by atoms with van der Waals surface area (Å²) >= 11 is 0. The fraction of sp³-hybridized carbons (Fsp3) is 0.389. The van der Waals surface area contributed by atoms with Crippen molar-refractivity contribution in [3.8, 4) is 5.75 Å². The average molecular weight is 359 g/mol. The number of phenols is 1. The van der Waals surface area contributed by atoms with Gasteiger partial charge in [0.25, 0.3) is 0 Å². The normalized spacial score (nSPS) is 11.5. The quantitative estimate of drug-likeness (QED) is 0.343. The number of nitrogens with zero attached hydrogens (tertiary/aromatic N) is 2. The Labute approximate surface area is 152 Å². The van der Waals surface area contributed by atoms with Crippen molar-refractivity contribution in [1.29, 1.82) is 0 Å². The molecule has 0 aliphatic carbocycles. The van der Waals surface area contributed by atoms with Crippen LogP contribution in [0.5, 0.6) is 5.75 Å². The minimum absolute atomic E-state index is 0.0378. The Kier molecular flexibility index (Phi) is 7.02. The number of aromatic hydroxyl groups is 1. The molecule has 1 heterocycles. The number of benzene rings is 1. The summed E-state index contributed by atoms with van der Waals surface area (Å²) in [6, 6.07) is 8.16. The van der Waals surface area contributed by atoms with Crippen molar-refractivity contribution in [2.24, 2.45) is 4.99 Å². The van der Waals surface area contributed by atoms with Gasteiger partial charge in [0.15, 0.2) is 11.7 Å². The number of aromatic nitrogens is 1. The van der Waals surface area contributed by atoms with Crippen LogP contribution >= 0.6 is 0 Å². The van der Waals surface area contributed by atoms with Gasteiger partial charge in [-0.2, -0.15) is 0 Å². The molecule has 0 saturated heterocycles. The Hall–Kier alpha value is -3.03. The molecule has 8 heteroatoms. The average Bonchev–Trinajstić information content (AvgIpc) is 3.09. The molecule has 0 aliphatic rings.